The summed E-state index contributed by atoms with van der Waals surface area (Å²) in [6.45, 7) is 0. The van der Waals surface area contributed by atoms with E-state index in [0.29, 0.717) is 17.1 Å². The van der Waals surface area contributed by atoms with Crippen molar-refractivity contribution in [1.82, 2.24) is 5.43 Å². The average Bonchev–Trinajstić information content (AvgIpc) is 3.22. The van der Waals surface area contributed by atoms with Crippen LogP contribution in [0.15, 0.2) is 64.1 Å². The van der Waals surface area contributed by atoms with E-state index in [2.05, 4.69) is 10.5 Å². The molecular formula is C20H16N4O7. The van der Waals surface area contributed by atoms with Crippen LogP contribution in [0.5, 0.6) is 5.75 Å². The van der Waals surface area contributed by atoms with Crippen LogP contribution < -0.4 is 10.2 Å². The Morgan fingerprint density at radius 1 is 1.13 bits per heavy atom. The Morgan fingerprint density at radius 2 is 1.90 bits per heavy atom. The van der Waals surface area contributed by atoms with Crippen molar-refractivity contribution in [2.45, 2.75) is 6.42 Å². The minimum Gasteiger partial charge on any atom is -0.496 e. The number of hydrogen-bond acceptors (Lipinski definition) is 8. The second-order valence-electron chi connectivity index (χ2n) is 6.20. The van der Waals surface area contributed by atoms with E-state index in [0.717, 1.165) is 0 Å². The van der Waals surface area contributed by atoms with E-state index >= 15 is 0 Å². The fourth-order valence-electron chi connectivity index (χ4n) is 2.78. The number of methoxy groups -OCH3 is 1. The van der Waals surface area contributed by atoms with Crippen molar-refractivity contribution in [3.63, 3.8) is 0 Å². The van der Waals surface area contributed by atoms with Gasteiger partial charge in [-0.2, -0.15) is 5.10 Å². The zero-order valence-electron chi connectivity index (χ0n) is 16.2. The van der Waals surface area contributed by atoms with E-state index in [9.17, 15) is 25.0 Å². The Labute approximate surface area is 175 Å². The van der Waals surface area contributed by atoms with E-state index in [1.54, 1.807) is 18.2 Å². The third-order valence-electron chi connectivity index (χ3n) is 4.21. The van der Waals surface area contributed by atoms with E-state index in [1.807, 2.05) is 0 Å². The van der Waals surface area contributed by atoms with Crippen molar-refractivity contribution in [2.75, 3.05) is 7.11 Å². The third kappa shape index (κ3) is 5.09. The molecule has 0 fully saturated rings. The molecule has 1 aromatic heterocycles. The second kappa shape index (κ2) is 9.31. The lowest BCUT2D eigenvalue weighted by molar-refractivity contribution is -0.385. The topological polar surface area (TPSA) is 150 Å². The maximum Gasteiger partial charge on any atom is 0.273 e. The lowest BCUT2D eigenvalue weighted by Crippen LogP contribution is -2.20. The number of hydrogen-bond donors (Lipinski definition) is 1. The number of furan rings is 1. The van der Waals surface area contributed by atoms with Gasteiger partial charge in [0.2, 0.25) is 5.91 Å². The lowest BCUT2D eigenvalue weighted by Gasteiger charge is -2.05. The van der Waals surface area contributed by atoms with Crippen LogP contribution in [0, 0.1) is 20.2 Å². The van der Waals surface area contributed by atoms with Crippen molar-refractivity contribution >= 4 is 23.5 Å². The number of carbonyl (C=O) groups excluding carboxylic acids is 1. The zero-order chi connectivity index (χ0) is 22.4. The quantitative estimate of drug-likeness (QED) is 0.330. The van der Waals surface area contributed by atoms with Crippen LogP contribution in [0.25, 0.3) is 11.3 Å². The highest BCUT2D eigenvalue weighted by Crippen LogP contribution is 2.34. The number of hydrazone groups is 1. The van der Waals surface area contributed by atoms with E-state index in [-0.39, 0.29) is 29.1 Å². The number of amides is 1. The van der Waals surface area contributed by atoms with Gasteiger partial charge in [0, 0.05) is 17.7 Å². The molecule has 11 nitrogen and oxygen atoms in total. The number of nitrogens with one attached hydrogen (secondary N) is 1. The number of para-hydroxylation sites is 1. The van der Waals surface area contributed by atoms with Gasteiger partial charge in [0.1, 0.15) is 17.3 Å². The SMILES string of the molecule is COc1cc([N+](=O)[O-])ccc1-c1ccc(C=NNC(=O)Cc2ccccc2[N+](=O)[O-])o1. The van der Waals surface area contributed by atoms with Gasteiger partial charge in [0.15, 0.2) is 0 Å². The molecule has 31 heavy (non-hydrogen) atoms. The van der Waals surface area contributed by atoms with E-state index < -0.39 is 15.8 Å². The van der Waals surface area contributed by atoms with Crippen LogP contribution in [0.3, 0.4) is 0 Å². The summed E-state index contributed by atoms with van der Waals surface area (Å²) in [6.07, 6.45) is 1.05. The number of benzene rings is 2. The summed E-state index contributed by atoms with van der Waals surface area (Å²) in [7, 11) is 1.39. The van der Waals surface area contributed by atoms with Gasteiger partial charge >= 0.3 is 0 Å². The van der Waals surface area contributed by atoms with Crippen LogP contribution in [-0.2, 0) is 11.2 Å². The van der Waals surface area contributed by atoms with Crippen molar-refractivity contribution in [2.24, 2.45) is 5.10 Å². The number of ether oxygens (including phenoxy) is 1. The summed E-state index contributed by atoms with van der Waals surface area (Å²) >= 11 is 0. The fourth-order valence-corrected chi connectivity index (χ4v) is 2.78. The number of nitro benzene ring substituents is 2. The molecule has 0 bridgehead atoms. The third-order valence-corrected chi connectivity index (χ3v) is 4.21. The molecule has 11 heteroatoms. The lowest BCUT2D eigenvalue weighted by atomic mass is 10.1. The molecule has 1 N–H and O–H groups in total. The Morgan fingerprint density at radius 3 is 2.61 bits per heavy atom. The largest absolute Gasteiger partial charge is 0.496 e. The molecule has 158 valence electrons. The Balaban J connectivity index is 1.67. The molecule has 3 rings (SSSR count). The molecular weight excluding hydrogens is 408 g/mol. The molecule has 1 heterocycles. The molecule has 0 radical (unpaired) electrons. The maximum atomic E-state index is 12.0. The highest BCUT2D eigenvalue weighted by Gasteiger charge is 2.16. The van der Waals surface area contributed by atoms with Crippen molar-refractivity contribution in [1.29, 1.82) is 0 Å². The van der Waals surface area contributed by atoms with Gasteiger partial charge in [-0.05, 0) is 18.2 Å². The smallest absolute Gasteiger partial charge is 0.273 e. The van der Waals surface area contributed by atoms with Gasteiger partial charge in [-0.1, -0.05) is 18.2 Å². The molecule has 0 aliphatic rings. The molecule has 0 saturated carbocycles. The molecule has 0 spiro atoms. The average molecular weight is 424 g/mol. The molecule has 0 saturated heterocycles. The number of rotatable bonds is 8. The first-order valence-corrected chi connectivity index (χ1v) is 8.86. The monoisotopic (exact) mass is 424 g/mol. The molecule has 1 amide bonds. The predicted molar refractivity (Wildman–Crippen MR) is 110 cm³/mol. The Bertz CT molecular complexity index is 1170. The van der Waals surface area contributed by atoms with Crippen molar-refractivity contribution in [3.05, 3.63) is 86.1 Å². The fraction of sp³-hybridized carbons (Fsp3) is 0.100. The molecule has 0 aliphatic heterocycles. The van der Waals surface area contributed by atoms with Crippen LogP contribution in [0.4, 0.5) is 11.4 Å². The second-order valence-corrected chi connectivity index (χ2v) is 6.20. The first-order valence-electron chi connectivity index (χ1n) is 8.86. The van der Waals surface area contributed by atoms with Crippen LogP contribution in [0.2, 0.25) is 0 Å². The number of nitro groups is 2. The van der Waals surface area contributed by atoms with Crippen LogP contribution in [0.1, 0.15) is 11.3 Å². The molecule has 2 aromatic carbocycles. The molecule has 0 atom stereocenters. The summed E-state index contributed by atoms with van der Waals surface area (Å²) in [4.78, 5) is 32.9. The highest BCUT2D eigenvalue weighted by atomic mass is 16.6. The van der Waals surface area contributed by atoms with E-state index in [1.165, 1.54) is 49.7 Å². The molecule has 0 aliphatic carbocycles. The summed E-state index contributed by atoms with van der Waals surface area (Å²) in [5.41, 5.74) is 2.80. The predicted octanol–water partition coefficient (Wildman–Crippen LogP) is 3.46. The summed E-state index contributed by atoms with van der Waals surface area (Å²) in [5, 5.41) is 25.7. The summed E-state index contributed by atoms with van der Waals surface area (Å²) in [5.74, 6) is 0.431. The maximum absolute atomic E-state index is 12.0. The van der Waals surface area contributed by atoms with Gasteiger partial charge < -0.3 is 9.15 Å². The van der Waals surface area contributed by atoms with Gasteiger partial charge in [-0.25, -0.2) is 5.43 Å². The number of carbonyl (C=O) groups is 1. The first-order chi connectivity index (χ1) is 14.9. The normalized spacial score (nSPS) is 10.7. The molecule has 3 aromatic rings. The summed E-state index contributed by atoms with van der Waals surface area (Å²) in [6, 6.07) is 13.3. The van der Waals surface area contributed by atoms with Gasteiger partial charge in [-0.3, -0.25) is 25.0 Å². The van der Waals surface area contributed by atoms with E-state index in [4.69, 9.17) is 9.15 Å². The Hall–Kier alpha value is -4.54. The van der Waals surface area contributed by atoms with Crippen molar-refractivity contribution in [3.8, 4) is 17.1 Å². The molecule has 0 unspecified atom stereocenters. The summed E-state index contributed by atoms with van der Waals surface area (Å²) < 4.78 is 10.8. The van der Waals surface area contributed by atoms with Gasteiger partial charge in [0.25, 0.3) is 11.4 Å². The number of nitrogens with zero attached hydrogens (tertiary/aromatic N) is 3. The highest BCUT2D eigenvalue weighted by molar-refractivity contribution is 5.83. The Kier molecular flexibility index (Phi) is 6.36. The minimum absolute atomic E-state index is 0.115. The van der Waals surface area contributed by atoms with Crippen LogP contribution >= 0.6 is 0 Å². The van der Waals surface area contributed by atoms with Crippen LogP contribution in [-0.4, -0.2) is 29.1 Å². The zero-order valence-corrected chi connectivity index (χ0v) is 16.2. The van der Waals surface area contributed by atoms with Gasteiger partial charge in [0.05, 0.1) is 41.2 Å². The first kappa shape index (κ1) is 21.2. The van der Waals surface area contributed by atoms with Gasteiger partial charge in [-0.15, -0.1) is 0 Å². The van der Waals surface area contributed by atoms with Crippen molar-refractivity contribution < 1.29 is 23.8 Å². The number of non-ortho nitro benzene ring substituents is 1. The minimum atomic E-state index is -0.553. The standard InChI is InChI=1S/C20H16N4O7/c1-30-19-11-14(23(26)27)6-8-16(19)18-9-7-15(31-18)12-21-22-20(25)10-13-4-2-3-5-17(13)24(28)29/h2-9,11-12H,10H2,1H3,(H,22,25).